The average Bonchev–Trinajstić information content (AvgIpc) is 2.73. The third kappa shape index (κ3) is 2.33. The summed E-state index contributed by atoms with van der Waals surface area (Å²) < 4.78 is 1.15. The van der Waals surface area contributed by atoms with Crippen molar-refractivity contribution in [1.82, 2.24) is 4.98 Å². The molecule has 0 amide bonds. The highest BCUT2D eigenvalue weighted by molar-refractivity contribution is 7.18. The highest BCUT2D eigenvalue weighted by Crippen LogP contribution is 2.26. The molecule has 1 heterocycles. The fourth-order valence-electron chi connectivity index (χ4n) is 1.81. The quantitative estimate of drug-likeness (QED) is 0.759. The molecular formula is C14H10ClNOS. The van der Waals surface area contributed by atoms with Gasteiger partial charge in [0.2, 0.25) is 0 Å². The number of halogens is 1. The van der Waals surface area contributed by atoms with Crippen LogP contribution in [0.25, 0.3) is 10.2 Å². The van der Waals surface area contributed by atoms with Crippen molar-refractivity contribution in [2.75, 3.05) is 0 Å². The van der Waals surface area contributed by atoms with Crippen LogP contribution in [0.1, 0.15) is 10.6 Å². The Morgan fingerprint density at radius 2 is 1.89 bits per heavy atom. The van der Waals surface area contributed by atoms with Crippen molar-refractivity contribution in [2.24, 2.45) is 0 Å². The van der Waals surface area contributed by atoms with Crippen LogP contribution in [-0.4, -0.2) is 10.1 Å². The fraction of sp³-hybridized carbons (Fsp3) is 0.0714. The molecule has 0 spiro atoms. The third-order valence-corrected chi connectivity index (χ3v) is 3.96. The number of phenols is 1. The van der Waals surface area contributed by atoms with E-state index in [1.54, 1.807) is 23.5 Å². The van der Waals surface area contributed by atoms with Gasteiger partial charge in [0.05, 0.1) is 15.2 Å². The molecule has 0 aliphatic carbocycles. The molecule has 0 saturated carbocycles. The largest absolute Gasteiger partial charge is 0.508 e. The number of rotatable bonds is 2. The van der Waals surface area contributed by atoms with Crippen molar-refractivity contribution < 1.29 is 5.11 Å². The number of hydrogen-bond acceptors (Lipinski definition) is 3. The number of nitrogens with zero attached hydrogens (tertiary/aromatic N) is 1. The van der Waals surface area contributed by atoms with Crippen LogP contribution >= 0.6 is 22.9 Å². The first-order chi connectivity index (χ1) is 8.70. The van der Waals surface area contributed by atoms with Gasteiger partial charge in [-0.15, -0.1) is 11.3 Å². The van der Waals surface area contributed by atoms with Gasteiger partial charge in [-0.3, -0.25) is 0 Å². The van der Waals surface area contributed by atoms with Crippen molar-refractivity contribution in [3.63, 3.8) is 0 Å². The van der Waals surface area contributed by atoms with E-state index in [1.807, 2.05) is 30.3 Å². The van der Waals surface area contributed by atoms with Gasteiger partial charge in [-0.1, -0.05) is 23.7 Å². The Bertz CT molecular complexity index is 691. The number of thiazole rings is 1. The highest BCUT2D eigenvalue weighted by Gasteiger charge is 2.05. The van der Waals surface area contributed by atoms with Gasteiger partial charge in [0.25, 0.3) is 0 Å². The average molecular weight is 276 g/mol. The fourth-order valence-corrected chi connectivity index (χ4v) is 2.96. The summed E-state index contributed by atoms with van der Waals surface area (Å²) in [6.07, 6.45) is 0.775. The number of aromatic hydroxyl groups is 1. The minimum atomic E-state index is 0.287. The lowest BCUT2D eigenvalue weighted by molar-refractivity contribution is 0.475. The van der Waals surface area contributed by atoms with Crippen LogP contribution in [0.4, 0.5) is 0 Å². The summed E-state index contributed by atoms with van der Waals surface area (Å²) in [5.74, 6) is 0.287. The van der Waals surface area contributed by atoms with E-state index in [4.69, 9.17) is 11.6 Å². The van der Waals surface area contributed by atoms with Crippen LogP contribution in [0, 0.1) is 0 Å². The van der Waals surface area contributed by atoms with Crippen LogP contribution in [-0.2, 0) is 6.42 Å². The second-order valence-electron chi connectivity index (χ2n) is 4.06. The lowest BCUT2D eigenvalue weighted by Crippen LogP contribution is -1.85. The van der Waals surface area contributed by atoms with E-state index < -0.39 is 0 Å². The standard InChI is InChI=1S/C14H10ClNOS/c15-10-3-6-13-12(8-10)16-14(18-13)7-9-1-4-11(17)5-2-9/h1-6,8,17H,7H2. The number of aromatic nitrogens is 1. The monoisotopic (exact) mass is 275 g/mol. The summed E-state index contributed by atoms with van der Waals surface area (Å²) in [6.45, 7) is 0. The molecule has 0 bridgehead atoms. The van der Waals surface area contributed by atoms with Gasteiger partial charge in [0, 0.05) is 11.4 Å². The van der Waals surface area contributed by atoms with E-state index in [2.05, 4.69) is 4.98 Å². The van der Waals surface area contributed by atoms with E-state index in [-0.39, 0.29) is 5.75 Å². The lowest BCUT2D eigenvalue weighted by Gasteiger charge is -1.97. The molecule has 0 unspecified atom stereocenters. The molecule has 1 N–H and O–H groups in total. The van der Waals surface area contributed by atoms with E-state index in [1.165, 1.54) is 0 Å². The summed E-state index contributed by atoms with van der Waals surface area (Å²) in [7, 11) is 0. The molecule has 0 fully saturated rings. The van der Waals surface area contributed by atoms with Crippen molar-refractivity contribution in [3.8, 4) is 5.75 Å². The molecule has 0 saturated heterocycles. The van der Waals surface area contributed by atoms with Gasteiger partial charge in [-0.25, -0.2) is 4.98 Å². The first-order valence-electron chi connectivity index (χ1n) is 5.53. The van der Waals surface area contributed by atoms with Gasteiger partial charge in [0.15, 0.2) is 0 Å². The summed E-state index contributed by atoms with van der Waals surface area (Å²) >= 11 is 7.62. The Balaban J connectivity index is 1.92. The summed E-state index contributed by atoms with van der Waals surface area (Å²) in [4.78, 5) is 4.56. The highest BCUT2D eigenvalue weighted by atomic mass is 35.5. The normalized spacial score (nSPS) is 10.9. The van der Waals surface area contributed by atoms with Crippen LogP contribution in [0.15, 0.2) is 42.5 Å². The maximum absolute atomic E-state index is 9.24. The Morgan fingerprint density at radius 3 is 2.67 bits per heavy atom. The minimum absolute atomic E-state index is 0.287. The van der Waals surface area contributed by atoms with Crippen molar-refractivity contribution in [3.05, 3.63) is 58.1 Å². The van der Waals surface area contributed by atoms with Gasteiger partial charge in [0.1, 0.15) is 5.75 Å². The molecule has 18 heavy (non-hydrogen) atoms. The number of benzene rings is 2. The van der Waals surface area contributed by atoms with Gasteiger partial charge in [-0.2, -0.15) is 0 Å². The second kappa shape index (κ2) is 4.59. The zero-order chi connectivity index (χ0) is 12.5. The van der Waals surface area contributed by atoms with E-state index in [0.29, 0.717) is 5.02 Å². The second-order valence-corrected chi connectivity index (χ2v) is 5.61. The zero-order valence-corrected chi connectivity index (χ0v) is 11.0. The summed E-state index contributed by atoms with van der Waals surface area (Å²) in [6, 6.07) is 13.0. The van der Waals surface area contributed by atoms with E-state index in [9.17, 15) is 5.11 Å². The van der Waals surface area contributed by atoms with Gasteiger partial charge >= 0.3 is 0 Å². The smallest absolute Gasteiger partial charge is 0.115 e. The summed E-state index contributed by atoms with van der Waals surface area (Å²) in [5.41, 5.74) is 2.08. The molecular weight excluding hydrogens is 266 g/mol. The number of hydrogen-bond donors (Lipinski definition) is 1. The molecule has 0 aliphatic rings. The van der Waals surface area contributed by atoms with Crippen molar-refractivity contribution in [2.45, 2.75) is 6.42 Å². The molecule has 3 aromatic rings. The molecule has 1 aromatic heterocycles. The van der Waals surface area contributed by atoms with Crippen molar-refractivity contribution >= 4 is 33.2 Å². The predicted molar refractivity (Wildman–Crippen MR) is 75.5 cm³/mol. The molecule has 2 aromatic carbocycles. The molecule has 0 radical (unpaired) electrons. The van der Waals surface area contributed by atoms with Crippen LogP contribution in [0.5, 0.6) is 5.75 Å². The van der Waals surface area contributed by atoms with Gasteiger partial charge in [-0.05, 0) is 35.9 Å². The third-order valence-electron chi connectivity index (χ3n) is 2.69. The minimum Gasteiger partial charge on any atom is -0.508 e. The number of fused-ring (bicyclic) bond motifs is 1. The Morgan fingerprint density at radius 1 is 1.11 bits per heavy atom. The van der Waals surface area contributed by atoms with Crippen LogP contribution < -0.4 is 0 Å². The van der Waals surface area contributed by atoms with Crippen LogP contribution in [0.2, 0.25) is 5.02 Å². The Kier molecular flexibility index (Phi) is 2.94. The molecule has 4 heteroatoms. The maximum Gasteiger partial charge on any atom is 0.115 e. The van der Waals surface area contributed by atoms with E-state index >= 15 is 0 Å². The van der Waals surface area contributed by atoms with Crippen molar-refractivity contribution in [1.29, 1.82) is 0 Å². The molecule has 90 valence electrons. The first-order valence-corrected chi connectivity index (χ1v) is 6.73. The lowest BCUT2D eigenvalue weighted by atomic mass is 10.1. The molecule has 3 rings (SSSR count). The zero-order valence-electron chi connectivity index (χ0n) is 9.43. The summed E-state index contributed by atoms with van der Waals surface area (Å²) in [5, 5.41) is 11.0. The Hall–Kier alpha value is -1.58. The predicted octanol–water partition coefficient (Wildman–Crippen LogP) is 4.25. The van der Waals surface area contributed by atoms with E-state index in [0.717, 1.165) is 27.2 Å². The number of phenolic OH excluding ortho intramolecular Hbond substituents is 1. The molecule has 2 nitrogen and oxygen atoms in total. The first kappa shape index (κ1) is 11.5. The Labute approximate surface area is 113 Å². The SMILES string of the molecule is Oc1ccc(Cc2nc3cc(Cl)ccc3s2)cc1. The maximum atomic E-state index is 9.24. The molecule has 0 aliphatic heterocycles. The topological polar surface area (TPSA) is 33.1 Å². The molecule has 0 atom stereocenters. The van der Waals surface area contributed by atoms with Gasteiger partial charge < -0.3 is 5.11 Å². The van der Waals surface area contributed by atoms with Crippen LogP contribution in [0.3, 0.4) is 0 Å².